The number of benzene rings is 1. The Balaban J connectivity index is 2.00. The minimum Gasteiger partial charge on any atom is -0.379 e. The van der Waals surface area contributed by atoms with Crippen molar-refractivity contribution >= 4 is 23.0 Å². The van der Waals surface area contributed by atoms with Crippen LogP contribution in [-0.2, 0) is 0 Å². The minimum atomic E-state index is -0.766. The Morgan fingerprint density at radius 3 is 2.52 bits per heavy atom. The van der Waals surface area contributed by atoms with Gasteiger partial charge < -0.3 is 5.32 Å². The van der Waals surface area contributed by atoms with Gasteiger partial charge in [0, 0.05) is 6.54 Å². The molecule has 0 saturated heterocycles. The SMILES string of the molecule is CCC1CCC(CNc2cc(Cl)c(F)cc2[N+](=O)[O-])CC1. The number of hydrogen-bond donors (Lipinski definition) is 1. The smallest absolute Gasteiger partial charge is 0.295 e. The van der Waals surface area contributed by atoms with Gasteiger partial charge in [0.25, 0.3) is 5.69 Å². The molecule has 116 valence electrons. The largest absolute Gasteiger partial charge is 0.379 e. The summed E-state index contributed by atoms with van der Waals surface area (Å²) in [7, 11) is 0. The molecule has 0 unspecified atom stereocenters. The van der Waals surface area contributed by atoms with E-state index in [-0.39, 0.29) is 10.7 Å². The number of rotatable bonds is 5. The Kier molecular flexibility index (Phi) is 5.39. The molecule has 0 aliphatic heterocycles. The fourth-order valence-corrected chi connectivity index (χ4v) is 3.09. The summed E-state index contributed by atoms with van der Waals surface area (Å²) in [5.74, 6) is 0.560. The van der Waals surface area contributed by atoms with Crippen molar-refractivity contribution in [1.82, 2.24) is 0 Å². The molecule has 6 heteroatoms. The molecule has 4 nitrogen and oxygen atoms in total. The number of hydrogen-bond acceptors (Lipinski definition) is 3. The third-order valence-electron chi connectivity index (χ3n) is 4.36. The topological polar surface area (TPSA) is 55.2 Å². The molecule has 0 aromatic heterocycles. The monoisotopic (exact) mass is 314 g/mol. The van der Waals surface area contributed by atoms with Gasteiger partial charge in [0.15, 0.2) is 0 Å². The molecule has 0 heterocycles. The van der Waals surface area contributed by atoms with Gasteiger partial charge in [-0.15, -0.1) is 0 Å². The van der Waals surface area contributed by atoms with Crippen LogP contribution in [-0.4, -0.2) is 11.5 Å². The Labute approximate surface area is 128 Å². The van der Waals surface area contributed by atoms with Crippen molar-refractivity contribution < 1.29 is 9.31 Å². The van der Waals surface area contributed by atoms with E-state index in [1.807, 2.05) is 0 Å². The summed E-state index contributed by atoms with van der Waals surface area (Å²) in [5, 5.41) is 13.9. The quantitative estimate of drug-likeness (QED) is 0.613. The third kappa shape index (κ3) is 4.06. The van der Waals surface area contributed by atoms with Crippen LogP contribution in [0.2, 0.25) is 5.02 Å². The van der Waals surface area contributed by atoms with Crippen LogP contribution in [0.4, 0.5) is 15.8 Å². The number of halogens is 2. The number of nitro groups is 1. The fourth-order valence-electron chi connectivity index (χ4n) is 2.93. The van der Waals surface area contributed by atoms with Crippen molar-refractivity contribution in [2.24, 2.45) is 11.8 Å². The highest BCUT2D eigenvalue weighted by molar-refractivity contribution is 6.31. The van der Waals surface area contributed by atoms with Gasteiger partial charge in [-0.25, -0.2) is 4.39 Å². The van der Waals surface area contributed by atoms with Crippen molar-refractivity contribution in [3.05, 3.63) is 33.1 Å². The van der Waals surface area contributed by atoms with E-state index in [1.54, 1.807) is 0 Å². The molecule has 21 heavy (non-hydrogen) atoms. The first-order chi connectivity index (χ1) is 10.0. The Bertz CT molecular complexity index is 517. The highest BCUT2D eigenvalue weighted by Crippen LogP contribution is 2.33. The number of nitrogens with zero attached hydrogens (tertiary/aromatic N) is 1. The maximum absolute atomic E-state index is 13.3. The van der Waals surface area contributed by atoms with Gasteiger partial charge in [0.05, 0.1) is 16.0 Å². The Morgan fingerprint density at radius 1 is 1.33 bits per heavy atom. The molecule has 1 N–H and O–H groups in total. The molecule has 2 rings (SSSR count). The second kappa shape index (κ2) is 7.07. The summed E-state index contributed by atoms with van der Waals surface area (Å²) >= 11 is 5.71. The maximum atomic E-state index is 13.3. The molecule has 0 atom stereocenters. The second-order valence-electron chi connectivity index (χ2n) is 5.72. The molecule has 1 saturated carbocycles. The van der Waals surface area contributed by atoms with E-state index in [0.29, 0.717) is 18.2 Å². The van der Waals surface area contributed by atoms with Crippen molar-refractivity contribution in [3.8, 4) is 0 Å². The molecule has 1 aromatic rings. The van der Waals surface area contributed by atoms with Crippen molar-refractivity contribution in [2.75, 3.05) is 11.9 Å². The molecule has 1 aromatic carbocycles. The number of anilines is 1. The van der Waals surface area contributed by atoms with Crippen LogP contribution in [0.5, 0.6) is 0 Å². The molecule has 0 spiro atoms. The van der Waals surface area contributed by atoms with Crippen molar-refractivity contribution in [3.63, 3.8) is 0 Å². The summed E-state index contributed by atoms with van der Waals surface area (Å²) in [6.07, 6.45) is 5.92. The number of nitro benzene ring substituents is 1. The van der Waals surface area contributed by atoms with E-state index in [0.717, 1.165) is 24.8 Å². The van der Waals surface area contributed by atoms with E-state index < -0.39 is 10.7 Å². The minimum absolute atomic E-state index is 0.0993. The van der Waals surface area contributed by atoms with Crippen LogP contribution in [0.1, 0.15) is 39.0 Å². The van der Waals surface area contributed by atoms with Crippen molar-refractivity contribution in [2.45, 2.75) is 39.0 Å². The molecule has 0 radical (unpaired) electrons. The Morgan fingerprint density at radius 2 is 1.95 bits per heavy atom. The van der Waals surface area contributed by atoms with Gasteiger partial charge >= 0.3 is 0 Å². The highest BCUT2D eigenvalue weighted by Gasteiger charge is 2.22. The van der Waals surface area contributed by atoms with Crippen LogP contribution < -0.4 is 5.32 Å². The predicted molar refractivity (Wildman–Crippen MR) is 82.3 cm³/mol. The lowest BCUT2D eigenvalue weighted by Crippen LogP contribution is -2.21. The summed E-state index contributed by atoms with van der Waals surface area (Å²) in [6.45, 7) is 2.88. The van der Waals surface area contributed by atoms with Gasteiger partial charge in [-0.3, -0.25) is 10.1 Å². The van der Waals surface area contributed by atoms with Gasteiger partial charge in [-0.1, -0.05) is 37.8 Å². The Hall–Kier alpha value is -1.36. The standard InChI is InChI=1S/C15H20ClFN2O2/c1-2-10-3-5-11(6-4-10)9-18-14-7-12(16)13(17)8-15(14)19(20)21/h7-8,10-11,18H,2-6,9H2,1H3. The summed E-state index contributed by atoms with van der Waals surface area (Å²) in [4.78, 5) is 10.4. The summed E-state index contributed by atoms with van der Waals surface area (Å²) in [5.41, 5.74) is 0.0307. The molecule has 1 aliphatic carbocycles. The zero-order valence-electron chi connectivity index (χ0n) is 12.1. The average molecular weight is 315 g/mol. The lowest BCUT2D eigenvalue weighted by Gasteiger charge is -2.28. The van der Waals surface area contributed by atoms with Crippen LogP contribution in [0, 0.1) is 27.8 Å². The molecule has 1 aliphatic rings. The fraction of sp³-hybridized carbons (Fsp3) is 0.600. The summed E-state index contributed by atoms with van der Waals surface area (Å²) in [6, 6.07) is 2.17. The summed E-state index contributed by atoms with van der Waals surface area (Å²) < 4.78 is 13.3. The molecule has 0 bridgehead atoms. The van der Waals surface area contributed by atoms with Gasteiger partial charge in [0.2, 0.25) is 0 Å². The zero-order chi connectivity index (χ0) is 15.4. The first kappa shape index (κ1) is 16.0. The zero-order valence-corrected chi connectivity index (χ0v) is 12.8. The van der Waals surface area contributed by atoms with E-state index in [4.69, 9.17) is 11.6 Å². The van der Waals surface area contributed by atoms with Crippen molar-refractivity contribution in [1.29, 1.82) is 0 Å². The van der Waals surface area contributed by atoms with E-state index >= 15 is 0 Å². The van der Waals surface area contributed by atoms with E-state index in [1.165, 1.54) is 25.3 Å². The third-order valence-corrected chi connectivity index (χ3v) is 4.65. The molecular formula is C15H20ClFN2O2. The average Bonchev–Trinajstić information content (AvgIpc) is 2.48. The van der Waals surface area contributed by atoms with Gasteiger partial charge in [-0.2, -0.15) is 0 Å². The first-order valence-corrected chi connectivity index (χ1v) is 7.76. The lowest BCUT2D eigenvalue weighted by atomic mass is 9.81. The maximum Gasteiger partial charge on any atom is 0.295 e. The molecule has 0 amide bonds. The highest BCUT2D eigenvalue weighted by atomic mass is 35.5. The van der Waals surface area contributed by atoms with Crippen LogP contribution in [0.15, 0.2) is 12.1 Å². The van der Waals surface area contributed by atoms with E-state index in [9.17, 15) is 14.5 Å². The van der Waals surface area contributed by atoms with Crippen LogP contribution in [0.25, 0.3) is 0 Å². The molecular weight excluding hydrogens is 295 g/mol. The number of nitrogens with one attached hydrogen (secondary N) is 1. The lowest BCUT2D eigenvalue weighted by molar-refractivity contribution is -0.384. The first-order valence-electron chi connectivity index (χ1n) is 7.38. The van der Waals surface area contributed by atoms with Gasteiger partial charge in [0.1, 0.15) is 11.5 Å². The van der Waals surface area contributed by atoms with Crippen LogP contribution >= 0.6 is 11.6 Å². The van der Waals surface area contributed by atoms with Crippen LogP contribution in [0.3, 0.4) is 0 Å². The predicted octanol–water partition coefficient (Wildman–Crippen LogP) is 5.02. The normalized spacial score (nSPS) is 22.0. The second-order valence-corrected chi connectivity index (χ2v) is 6.12. The molecule has 1 fully saturated rings. The van der Waals surface area contributed by atoms with E-state index in [2.05, 4.69) is 12.2 Å². The van der Waals surface area contributed by atoms with Gasteiger partial charge in [-0.05, 0) is 30.7 Å².